The van der Waals surface area contributed by atoms with Crippen LogP contribution in [-0.4, -0.2) is 19.7 Å². The molecule has 1 unspecified atom stereocenters. The zero-order valence-corrected chi connectivity index (χ0v) is 13.3. The predicted molar refractivity (Wildman–Crippen MR) is 87.4 cm³/mol. The Labute approximate surface area is 135 Å². The van der Waals surface area contributed by atoms with Crippen LogP contribution < -0.4 is 10.1 Å². The molecule has 0 aliphatic carbocycles. The van der Waals surface area contributed by atoms with Gasteiger partial charge in [-0.1, -0.05) is 23.7 Å². The van der Waals surface area contributed by atoms with Crippen molar-refractivity contribution < 1.29 is 14.3 Å². The van der Waals surface area contributed by atoms with Crippen molar-refractivity contribution in [3.63, 3.8) is 0 Å². The lowest BCUT2D eigenvalue weighted by Gasteiger charge is -2.19. The lowest BCUT2D eigenvalue weighted by atomic mass is 10.1. The molecule has 0 aliphatic rings. The molecule has 2 aromatic carbocycles. The van der Waals surface area contributed by atoms with Crippen LogP contribution in [0.15, 0.2) is 48.5 Å². The average Bonchev–Trinajstić information content (AvgIpc) is 2.54. The number of benzene rings is 2. The lowest BCUT2D eigenvalue weighted by molar-refractivity contribution is -0.144. The molecule has 0 aromatic heterocycles. The van der Waals surface area contributed by atoms with Gasteiger partial charge in [0.05, 0.1) is 13.7 Å². The molecule has 116 valence electrons. The van der Waals surface area contributed by atoms with E-state index in [0.717, 1.165) is 17.0 Å². The summed E-state index contributed by atoms with van der Waals surface area (Å²) in [5.74, 6) is 0.422. The minimum Gasteiger partial charge on any atom is -0.497 e. The summed E-state index contributed by atoms with van der Waals surface area (Å²) in [4.78, 5) is 12.2. The Morgan fingerprint density at radius 1 is 1.14 bits per heavy atom. The maximum absolute atomic E-state index is 12.2. The fraction of sp³-hybridized carbons (Fsp3) is 0.235. The third kappa shape index (κ3) is 4.15. The van der Waals surface area contributed by atoms with Gasteiger partial charge in [0.1, 0.15) is 5.75 Å². The van der Waals surface area contributed by atoms with Crippen LogP contribution in [0, 0.1) is 0 Å². The molecule has 0 radical (unpaired) electrons. The van der Waals surface area contributed by atoms with Crippen molar-refractivity contribution in [3.05, 3.63) is 59.1 Å². The van der Waals surface area contributed by atoms with Crippen LogP contribution in [0.25, 0.3) is 0 Å². The van der Waals surface area contributed by atoms with Gasteiger partial charge in [0.25, 0.3) is 0 Å². The number of anilines is 1. The van der Waals surface area contributed by atoms with Crippen LogP contribution >= 0.6 is 11.6 Å². The van der Waals surface area contributed by atoms with Crippen LogP contribution in [0.1, 0.15) is 18.5 Å². The molecular weight excluding hydrogens is 302 g/mol. The van der Waals surface area contributed by atoms with Gasteiger partial charge in [-0.05, 0) is 48.9 Å². The van der Waals surface area contributed by atoms with Gasteiger partial charge in [0.15, 0.2) is 6.04 Å². The van der Waals surface area contributed by atoms with Gasteiger partial charge in [-0.25, -0.2) is 4.79 Å². The molecular formula is C17H18ClNO3. The van der Waals surface area contributed by atoms with Crippen molar-refractivity contribution in [1.82, 2.24) is 0 Å². The van der Waals surface area contributed by atoms with Crippen molar-refractivity contribution in [2.45, 2.75) is 13.0 Å². The van der Waals surface area contributed by atoms with Crippen LogP contribution in [-0.2, 0) is 9.53 Å². The second-order valence-corrected chi connectivity index (χ2v) is 5.05. The van der Waals surface area contributed by atoms with Crippen LogP contribution in [0.2, 0.25) is 5.02 Å². The summed E-state index contributed by atoms with van der Waals surface area (Å²) < 4.78 is 10.3. The second kappa shape index (κ2) is 7.71. The van der Waals surface area contributed by atoms with E-state index in [2.05, 4.69) is 5.32 Å². The van der Waals surface area contributed by atoms with Crippen molar-refractivity contribution in [1.29, 1.82) is 0 Å². The summed E-state index contributed by atoms with van der Waals surface area (Å²) in [6.45, 7) is 2.11. The number of carbonyl (C=O) groups excluding carboxylic acids is 1. The number of methoxy groups -OCH3 is 1. The summed E-state index contributed by atoms with van der Waals surface area (Å²) in [6.07, 6.45) is 0. The molecule has 0 aliphatic heterocycles. The van der Waals surface area contributed by atoms with Crippen LogP contribution in [0.3, 0.4) is 0 Å². The number of halogens is 1. The number of rotatable bonds is 6. The summed E-state index contributed by atoms with van der Waals surface area (Å²) >= 11 is 5.90. The van der Waals surface area contributed by atoms with E-state index in [9.17, 15) is 4.79 Å². The highest BCUT2D eigenvalue weighted by Gasteiger charge is 2.21. The third-order valence-electron chi connectivity index (χ3n) is 3.13. The van der Waals surface area contributed by atoms with Crippen molar-refractivity contribution >= 4 is 23.3 Å². The molecule has 0 amide bonds. The third-order valence-corrected chi connectivity index (χ3v) is 3.38. The molecule has 2 rings (SSSR count). The molecule has 1 N–H and O–H groups in total. The smallest absolute Gasteiger partial charge is 0.333 e. The molecule has 0 saturated heterocycles. The minimum atomic E-state index is -0.592. The second-order valence-electron chi connectivity index (χ2n) is 4.61. The summed E-state index contributed by atoms with van der Waals surface area (Å²) in [6, 6.07) is 13.9. The first-order valence-corrected chi connectivity index (χ1v) is 7.34. The standard InChI is InChI=1S/C17H18ClNO3/c1-3-22-17(20)16(12-4-6-13(18)7-5-12)19-14-8-10-15(21-2)11-9-14/h4-11,16,19H,3H2,1-2H3. The van der Waals surface area contributed by atoms with Crippen LogP contribution in [0.5, 0.6) is 5.75 Å². The SMILES string of the molecule is CCOC(=O)C(Nc1ccc(OC)cc1)c1ccc(Cl)cc1. The monoisotopic (exact) mass is 319 g/mol. The summed E-state index contributed by atoms with van der Waals surface area (Å²) in [5, 5.41) is 3.80. The van der Waals surface area contributed by atoms with Gasteiger partial charge < -0.3 is 14.8 Å². The Morgan fingerprint density at radius 3 is 2.32 bits per heavy atom. The molecule has 0 spiro atoms. The number of hydrogen-bond donors (Lipinski definition) is 1. The fourth-order valence-electron chi connectivity index (χ4n) is 2.01. The Bertz CT molecular complexity index is 611. The largest absolute Gasteiger partial charge is 0.497 e. The lowest BCUT2D eigenvalue weighted by Crippen LogP contribution is -2.23. The minimum absolute atomic E-state index is 0.327. The fourth-order valence-corrected chi connectivity index (χ4v) is 2.14. The molecule has 4 nitrogen and oxygen atoms in total. The Balaban J connectivity index is 2.23. The highest BCUT2D eigenvalue weighted by molar-refractivity contribution is 6.30. The van der Waals surface area contributed by atoms with E-state index in [4.69, 9.17) is 21.1 Å². The van der Waals surface area contributed by atoms with Gasteiger partial charge in [-0.2, -0.15) is 0 Å². The molecule has 2 aromatic rings. The molecule has 0 saturated carbocycles. The Kier molecular flexibility index (Phi) is 5.67. The predicted octanol–water partition coefficient (Wildman–Crippen LogP) is 4.06. The highest BCUT2D eigenvalue weighted by atomic mass is 35.5. The first kappa shape index (κ1) is 16.2. The Hall–Kier alpha value is -2.20. The number of nitrogens with one attached hydrogen (secondary N) is 1. The van der Waals surface area contributed by atoms with E-state index in [-0.39, 0.29) is 5.97 Å². The summed E-state index contributed by atoms with van der Waals surface area (Å²) in [5.41, 5.74) is 1.59. The normalized spacial score (nSPS) is 11.6. The quantitative estimate of drug-likeness (QED) is 0.815. The molecule has 1 atom stereocenters. The van der Waals surface area contributed by atoms with E-state index in [1.165, 1.54) is 0 Å². The zero-order chi connectivity index (χ0) is 15.9. The topological polar surface area (TPSA) is 47.6 Å². The molecule has 0 bridgehead atoms. The first-order chi connectivity index (χ1) is 10.6. The number of ether oxygens (including phenoxy) is 2. The van der Waals surface area contributed by atoms with Crippen molar-refractivity contribution in [3.8, 4) is 5.75 Å². The molecule has 5 heteroatoms. The van der Waals surface area contributed by atoms with E-state index >= 15 is 0 Å². The van der Waals surface area contributed by atoms with E-state index in [0.29, 0.717) is 11.6 Å². The molecule has 0 fully saturated rings. The van der Waals surface area contributed by atoms with Crippen molar-refractivity contribution in [2.24, 2.45) is 0 Å². The van der Waals surface area contributed by atoms with E-state index in [1.54, 1.807) is 38.3 Å². The number of carbonyl (C=O) groups is 1. The van der Waals surface area contributed by atoms with Gasteiger partial charge in [-0.3, -0.25) is 0 Å². The van der Waals surface area contributed by atoms with Crippen molar-refractivity contribution in [2.75, 3.05) is 19.0 Å². The first-order valence-electron chi connectivity index (χ1n) is 6.96. The van der Waals surface area contributed by atoms with Crippen LogP contribution in [0.4, 0.5) is 5.69 Å². The molecule has 22 heavy (non-hydrogen) atoms. The van der Waals surface area contributed by atoms with E-state index in [1.807, 2.05) is 24.3 Å². The van der Waals surface area contributed by atoms with Gasteiger partial charge in [-0.15, -0.1) is 0 Å². The summed E-state index contributed by atoms with van der Waals surface area (Å²) in [7, 11) is 1.61. The molecule has 0 heterocycles. The average molecular weight is 320 g/mol. The number of esters is 1. The highest BCUT2D eigenvalue weighted by Crippen LogP contribution is 2.24. The maximum Gasteiger partial charge on any atom is 0.333 e. The van der Waals surface area contributed by atoms with E-state index < -0.39 is 6.04 Å². The number of hydrogen-bond acceptors (Lipinski definition) is 4. The van der Waals surface area contributed by atoms with Gasteiger partial charge >= 0.3 is 5.97 Å². The zero-order valence-electron chi connectivity index (χ0n) is 12.5. The Morgan fingerprint density at radius 2 is 1.77 bits per heavy atom. The van der Waals surface area contributed by atoms with Gasteiger partial charge in [0.2, 0.25) is 0 Å². The maximum atomic E-state index is 12.2. The van der Waals surface area contributed by atoms with Gasteiger partial charge in [0, 0.05) is 10.7 Å².